The van der Waals surface area contributed by atoms with Crippen molar-refractivity contribution in [3.63, 3.8) is 0 Å². The van der Waals surface area contributed by atoms with E-state index >= 15 is 0 Å². The summed E-state index contributed by atoms with van der Waals surface area (Å²) < 4.78 is 37.1. The third-order valence-corrected chi connectivity index (χ3v) is 5.95. The van der Waals surface area contributed by atoms with Crippen LogP contribution in [0.1, 0.15) is 37.7 Å². The number of Topliss-reactive ketones (excluding diaryl/α,β-unsaturated/α-hetero) is 1. The molecule has 0 N–H and O–H groups in total. The van der Waals surface area contributed by atoms with Crippen molar-refractivity contribution >= 4 is 15.6 Å². The molecule has 1 aliphatic carbocycles. The van der Waals surface area contributed by atoms with Crippen LogP contribution in [0.25, 0.3) is 0 Å². The van der Waals surface area contributed by atoms with E-state index in [1.54, 1.807) is 0 Å². The SMILES string of the molecule is O=C(Cc1ccc(F)cc1)CS(=O)(=O)C1CCCCC1. The van der Waals surface area contributed by atoms with E-state index < -0.39 is 15.6 Å². The van der Waals surface area contributed by atoms with E-state index in [0.717, 1.165) is 19.3 Å². The maximum atomic E-state index is 12.8. The lowest BCUT2D eigenvalue weighted by atomic mass is 10.0. The average Bonchev–Trinajstić information content (AvgIpc) is 2.42. The van der Waals surface area contributed by atoms with Crippen molar-refractivity contribution in [2.75, 3.05) is 5.75 Å². The molecule has 0 aliphatic heterocycles. The van der Waals surface area contributed by atoms with Gasteiger partial charge in [-0.15, -0.1) is 0 Å². The standard InChI is InChI=1S/C15H19FO3S/c16-13-8-6-12(7-9-13)10-14(17)11-20(18,19)15-4-2-1-3-5-15/h6-9,15H,1-5,10-11H2. The van der Waals surface area contributed by atoms with E-state index in [-0.39, 0.29) is 23.3 Å². The van der Waals surface area contributed by atoms with Gasteiger partial charge in [0.05, 0.1) is 5.25 Å². The smallest absolute Gasteiger partial charge is 0.160 e. The predicted octanol–water partition coefficient (Wildman–Crippen LogP) is 2.68. The van der Waals surface area contributed by atoms with Crippen LogP contribution < -0.4 is 0 Å². The fourth-order valence-electron chi connectivity index (χ4n) is 2.65. The molecule has 0 bridgehead atoms. The second-order valence-corrected chi connectivity index (χ2v) is 7.69. The molecule has 1 aromatic rings. The highest BCUT2D eigenvalue weighted by molar-refractivity contribution is 7.92. The molecule has 0 aromatic heterocycles. The van der Waals surface area contributed by atoms with Crippen molar-refractivity contribution in [2.24, 2.45) is 0 Å². The number of carbonyl (C=O) groups is 1. The van der Waals surface area contributed by atoms with Crippen LogP contribution in [0.3, 0.4) is 0 Å². The highest BCUT2D eigenvalue weighted by atomic mass is 32.2. The first kappa shape index (κ1) is 15.2. The third kappa shape index (κ3) is 4.13. The Balaban J connectivity index is 1.94. The number of rotatable bonds is 5. The molecule has 5 heteroatoms. The van der Waals surface area contributed by atoms with Crippen molar-refractivity contribution in [3.8, 4) is 0 Å². The van der Waals surface area contributed by atoms with Gasteiger partial charge in [0.1, 0.15) is 11.6 Å². The van der Waals surface area contributed by atoms with Crippen LogP contribution in [0.5, 0.6) is 0 Å². The minimum atomic E-state index is -3.33. The maximum Gasteiger partial charge on any atom is 0.160 e. The lowest BCUT2D eigenvalue weighted by Crippen LogP contribution is -2.30. The van der Waals surface area contributed by atoms with Crippen molar-refractivity contribution < 1.29 is 17.6 Å². The van der Waals surface area contributed by atoms with Crippen LogP contribution in [0.4, 0.5) is 4.39 Å². The molecular formula is C15H19FO3S. The number of hydrogen-bond acceptors (Lipinski definition) is 3. The van der Waals surface area contributed by atoms with Crippen LogP contribution in [-0.2, 0) is 21.1 Å². The van der Waals surface area contributed by atoms with E-state index in [1.165, 1.54) is 24.3 Å². The topological polar surface area (TPSA) is 51.2 Å². The minimum Gasteiger partial charge on any atom is -0.298 e. The van der Waals surface area contributed by atoms with E-state index in [2.05, 4.69) is 0 Å². The Morgan fingerprint density at radius 1 is 1.10 bits per heavy atom. The number of sulfone groups is 1. The monoisotopic (exact) mass is 298 g/mol. The van der Waals surface area contributed by atoms with Gasteiger partial charge in [0, 0.05) is 6.42 Å². The summed E-state index contributed by atoms with van der Waals surface area (Å²) in [7, 11) is -3.33. The highest BCUT2D eigenvalue weighted by Crippen LogP contribution is 2.24. The highest BCUT2D eigenvalue weighted by Gasteiger charge is 2.29. The molecule has 1 saturated carbocycles. The van der Waals surface area contributed by atoms with Gasteiger partial charge in [-0.1, -0.05) is 31.4 Å². The molecular weight excluding hydrogens is 279 g/mol. The van der Waals surface area contributed by atoms with E-state index in [9.17, 15) is 17.6 Å². The summed E-state index contributed by atoms with van der Waals surface area (Å²) in [6.45, 7) is 0. The van der Waals surface area contributed by atoms with Crippen LogP contribution in [0.2, 0.25) is 0 Å². The number of benzene rings is 1. The molecule has 3 nitrogen and oxygen atoms in total. The Kier molecular flexibility index (Phi) is 4.91. The molecule has 110 valence electrons. The van der Waals surface area contributed by atoms with Crippen LogP contribution in [0, 0.1) is 5.82 Å². The van der Waals surface area contributed by atoms with Gasteiger partial charge in [-0.05, 0) is 30.5 Å². The van der Waals surface area contributed by atoms with Gasteiger partial charge in [0.25, 0.3) is 0 Å². The van der Waals surface area contributed by atoms with Gasteiger partial charge < -0.3 is 0 Å². The summed E-state index contributed by atoms with van der Waals surface area (Å²) in [5.74, 6) is -1.08. The minimum absolute atomic E-state index is 0.0478. The quantitative estimate of drug-likeness (QED) is 0.840. The molecule has 0 spiro atoms. The molecule has 1 fully saturated rings. The number of carbonyl (C=O) groups excluding carboxylic acids is 1. The van der Waals surface area contributed by atoms with Crippen molar-refractivity contribution in [3.05, 3.63) is 35.6 Å². The fourth-order valence-corrected chi connectivity index (χ4v) is 4.49. The Morgan fingerprint density at radius 2 is 1.70 bits per heavy atom. The van der Waals surface area contributed by atoms with E-state index in [4.69, 9.17) is 0 Å². The Labute approximate surface area is 119 Å². The Hall–Kier alpha value is -1.23. The zero-order valence-electron chi connectivity index (χ0n) is 11.3. The average molecular weight is 298 g/mol. The molecule has 0 atom stereocenters. The van der Waals surface area contributed by atoms with Gasteiger partial charge in [0.2, 0.25) is 0 Å². The summed E-state index contributed by atoms with van der Waals surface area (Å²) in [5.41, 5.74) is 0.648. The predicted molar refractivity (Wildman–Crippen MR) is 75.8 cm³/mol. The van der Waals surface area contributed by atoms with E-state index in [0.29, 0.717) is 18.4 Å². The van der Waals surface area contributed by atoms with Crippen molar-refractivity contribution in [1.82, 2.24) is 0 Å². The first-order valence-electron chi connectivity index (χ1n) is 6.95. The molecule has 0 radical (unpaired) electrons. The summed E-state index contributed by atoms with van der Waals surface area (Å²) in [6, 6.07) is 5.58. The first-order valence-corrected chi connectivity index (χ1v) is 8.66. The molecule has 0 heterocycles. The molecule has 1 aromatic carbocycles. The molecule has 0 saturated heterocycles. The van der Waals surface area contributed by atoms with Gasteiger partial charge in [0.15, 0.2) is 15.6 Å². The molecule has 2 rings (SSSR count). The summed E-state index contributed by atoms with van der Waals surface area (Å²) in [5, 5.41) is -0.353. The Bertz CT molecular complexity index is 557. The van der Waals surface area contributed by atoms with Crippen molar-refractivity contribution in [2.45, 2.75) is 43.8 Å². The number of ketones is 1. The summed E-state index contributed by atoms with van der Waals surface area (Å²) >= 11 is 0. The number of hydrogen-bond donors (Lipinski definition) is 0. The van der Waals surface area contributed by atoms with Crippen LogP contribution in [-0.4, -0.2) is 25.2 Å². The second kappa shape index (κ2) is 6.48. The maximum absolute atomic E-state index is 12.8. The largest absolute Gasteiger partial charge is 0.298 e. The molecule has 20 heavy (non-hydrogen) atoms. The van der Waals surface area contributed by atoms with Crippen LogP contribution >= 0.6 is 0 Å². The molecule has 1 aliphatic rings. The lowest BCUT2D eigenvalue weighted by Gasteiger charge is -2.21. The van der Waals surface area contributed by atoms with E-state index in [1.807, 2.05) is 0 Å². The zero-order valence-corrected chi connectivity index (χ0v) is 12.2. The Morgan fingerprint density at radius 3 is 2.30 bits per heavy atom. The van der Waals surface area contributed by atoms with Gasteiger partial charge in [-0.3, -0.25) is 4.79 Å². The normalized spacial score (nSPS) is 17.1. The third-order valence-electron chi connectivity index (χ3n) is 3.74. The zero-order chi connectivity index (χ0) is 14.6. The lowest BCUT2D eigenvalue weighted by molar-refractivity contribution is -0.116. The van der Waals surface area contributed by atoms with Gasteiger partial charge in [-0.2, -0.15) is 0 Å². The number of halogens is 1. The van der Waals surface area contributed by atoms with Crippen molar-refractivity contribution in [1.29, 1.82) is 0 Å². The molecule has 0 amide bonds. The van der Waals surface area contributed by atoms with Gasteiger partial charge in [-0.25, -0.2) is 12.8 Å². The summed E-state index contributed by atoms with van der Waals surface area (Å²) in [4.78, 5) is 11.9. The van der Waals surface area contributed by atoms with Crippen LogP contribution in [0.15, 0.2) is 24.3 Å². The fraction of sp³-hybridized carbons (Fsp3) is 0.533. The summed E-state index contributed by atoms with van der Waals surface area (Å²) in [6.07, 6.45) is 4.33. The molecule has 0 unspecified atom stereocenters. The van der Waals surface area contributed by atoms with Gasteiger partial charge >= 0.3 is 0 Å². The second-order valence-electron chi connectivity index (χ2n) is 5.41. The first-order chi connectivity index (χ1) is 9.47.